The van der Waals surface area contributed by atoms with Crippen molar-refractivity contribution in [1.29, 1.82) is 0 Å². The van der Waals surface area contributed by atoms with Crippen molar-refractivity contribution in [3.05, 3.63) is 28.0 Å². The first-order valence-electron chi connectivity index (χ1n) is 7.16. The molecule has 7 nitrogen and oxygen atoms in total. The molecule has 1 unspecified atom stereocenters. The van der Waals surface area contributed by atoms with Crippen LogP contribution in [0, 0.1) is 15.5 Å². The van der Waals surface area contributed by atoms with Gasteiger partial charge >= 0.3 is 11.9 Å². The van der Waals surface area contributed by atoms with Crippen molar-refractivity contribution in [3.8, 4) is 0 Å². The number of aliphatic carboxylic acids is 1. The number of carboxylic acid groups (broad SMARTS) is 1. The number of furan rings is 1. The van der Waals surface area contributed by atoms with Gasteiger partial charge in [-0.15, -0.1) is 0 Å². The maximum atomic E-state index is 11.6. The smallest absolute Gasteiger partial charge is 0.433 e. The fourth-order valence-electron chi connectivity index (χ4n) is 3.10. The van der Waals surface area contributed by atoms with Crippen molar-refractivity contribution in [3.63, 3.8) is 0 Å². The molecule has 1 aliphatic rings. The molecule has 7 heteroatoms. The number of likely N-dealkylation sites (tertiary alicyclic amines) is 1. The van der Waals surface area contributed by atoms with E-state index in [0.717, 1.165) is 19.4 Å². The fourth-order valence-corrected chi connectivity index (χ4v) is 3.10. The highest BCUT2D eigenvalue weighted by Crippen LogP contribution is 2.35. The molecule has 0 aromatic carbocycles. The van der Waals surface area contributed by atoms with Crippen molar-refractivity contribution in [1.82, 2.24) is 4.90 Å². The Morgan fingerprint density at radius 1 is 1.57 bits per heavy atom. The molecule has 1 fully saturated rings. The van der Waals surface area contributed by atoms with Gasteiger partial charge in [0, 0.05) is 6.54 Å². The van der Waals surface area contributed by atoms with Gasteiger partial charge in [-0.25, -0.2) is 0 Å². The van der Waals surface area contributed by atoms with Gasteiger partial charge in [-0.1, -0.05) is 13.3 Å². The molecule has 0 bridgehead atoms. The van der Waals surface area contributed by atoms with Crippen LogP contribution < -0.4 is 0 Å². The van der Waals surface area contributed by atoms with E-state index in [2.05, 4.69) is 0 Å². The molecule has 1 atom stereocenters. The lowest BCUT2D eigenvalue weighted by Crippen LogP contribution is -2.47. The van der Waals surface area contributed by atoms with Gasteiger partial charge in [0.15, 0.2) is 0 Å². The SMILES string of the molecule is CCCC1(C(=O)O)CCCN(Cc2ccc([N+](=O)[O-])o2)C1. The lowest BCUT2D eigenvalue weighted by molar-refractivity contribution is -0.402. The van der Waals surface area contributed by atoms with E-state index in [9.17, 15) is 20.0 Å². The van der Waals surface area contributed by atoms with Gasteiger partial charge < -0.3 is 9.52 Å². The number of hydrogen-bond acceptors (Lipinski definition) is 5. The van der Waals surface area contributed by atoms with Crippen LogP contribution in [-0.2, 0) is 11.3 Å². The third-order valence-electron chi connectivity index (χ3n) is 4.05. The summed E-state index contributed by atoms with van der Waals surface area (Å²) in [6.45, 7) is 3.64. The molecule has 21 heavy (non-hydrogen) atoms. The van der Waals surface area contributed by atoms with Crippen LogP contribution in [0.4, 0.5) is 5.88 Å². The Labute approximate surface area is 122 Å². The number of nitro groups is 1. The highest BCUT2D eigenvalue weighted by atomic mass is 16.6. The second-order valence-electron chi connectivity index (χ2n) is 5.65. The summed E-state index contributed by atoms with van der Waals surface area (Å²) in [6, 6.07) is 2.91. The first kappa shape index (κ1) is 15.5. The number of hydrogen-bond donors (Lipinski definition) is 1. The number of rotatable bonds is 6. The van der Waals surface area contributed by atoms with E-state index in [4.69, 9.17) is 4.42 Å². The van der Waals surface area contributed by atoms with Crippen LogP contribution in [0.25, 0.3) is 0 Å². The van der Waals surface area contributed by atoms with E-state index >= 15 is 0 Å². The Kier molecular flexibility index (Phi) is 4.62. The first-order chi connectivity index (χ1) is 9.97. The van der Waals surface area contributed by atoms with Crippen LogP contribution in [0.2, 0.25) is 0 Å². The summed E-state index contributed by atoms with van der Waals surface area (Å²) in [7, 11) is 0. The average molecular weight is 296 g/mol. The Hall–Kier alpha value is -1.89. The van der Waals surface area contributed by atoms with Crippen molar-refractivity contribution in [2.24, 2.45) is 5.41 Å². The predicted octanol–water partition coefficient (Wildman–Crippen LogP) is 2.65. The van der Waals surface area contributed by atoms with E-state index in [-0.39, 0.29) is 5.88 Å². The van der Waals surface area contributed by atoms with E-state index in [1.165, 1.54) is 6.07 Å². The second-order valence-corrected chi connectivity index (χ2v) is 5.65. The van der Waals surface area contributed by atoms with Crippen molar-refractivity contribution >= 4 is 11.9 Å². The Bertz CT molecular complexity index is 523. The summed E-state index contributed by atoms with van der Waals surface area (Å²) in [5.41, 5.74) is -0.703. The van der Waals surface area contributed by atoms with Gasteiger partial charge in [-0.3, -0.25) is 19.8 Å². The van der Waals surface area contributed by atoms with Crippen LogP contribution in [0.5, 0.6) is 0 Å². The molecular formula is C14H20N2O5. The minimum Gasteiger partial charge on any atom is -0.481 e. The van der Waals surface area contributed by atoms with E-state index in [1.807, 2.05) is 11.8 Å². The lowest BCUT2D eigenvalue weighted by atomic mass is 9.76. The Morgan fingerprint density at radius 3 is 2.90 bits per heavy atom. The molecule has 1 aliphatic heterocycles. The van der Waals surface area contributed by atoms with Crippen LogP contribution in [0.15, 0.2) is 16.5 Å². The molecule has 0 saturated carbocycles. The quantitative estimate of drug-likeness (QED) is 0.640. The molecule has 0 spiro atoms. The van der Waals surface area contributed by atoms with E-state index in [1.54, 1.807) is 6.07 Å². The largest absolute Gasteiger partial charge is 0.481 e. The standard InChI is InChI=1S/C14H20N2O5/c1-2-6-14(13(17)18)7-3-8-15(10-14)9-11-4-5-12(21-11)16(19)20/h4-5H,2-3,6-10H2,1H3,(H,17,18). The van der Waals surface area contributed by atoms with Gasteiger partial charge in [0.05, 0.1) is 18.0 Å². The van der Waals surface area contributed by atoms with Crippen molar-refractivity contribution in [2.45, 2.75) is 39.2 Å². The number of carboxylic acids is 1. The number of carbonyl (C=O) groups is 1. The van der Waals surface area contributed by atoms with E-state index < -0.39 is 16.3 Å². The fraction of sp³-hybridized carbons (Fsp3) is 0.643. The zero-order valence-electron chi connectivity index (χ0n) is 12.1. The average Bonchev–Trinajstić information content (AvgIpc) is 2.88. The Morgan fingerprint density at radius 2 is 2.33 bits per heavy atom. The molecule has 2 heterocycles. The van der Waals surface area contributed by atoms with Crippen LogP contribution in [0.3, 0.4) is 0 Å². The van der Waals surface area contributed by atoms with Gasteiger partial charge in [-0.2, -0.15) is 0 Å². The highest BCUT2D eigenvalue weighted by molar-refractivity contribution is 5.75. The molecule has 0 amide bonds. The monoisotopic (exact) mass is 296 g/mol. The molecule has 116 valence electrons. The minimum absolute atomic E-state index is 0.278. The van der Waals surface area contributed by atoms with Crippen LogP contribution in [0.1, 0.15) is 38.4 Å². The topological polar surface area (TPSA) is 96.8 Å². The molecule has 1 saturated heterocycles. The summed E-state index contributed by atoms with van der Waals surface area (Å²) >= 11 is 0. The maximum absolute atomic E-state index is 11.6. The van der Waals surface area contributed by atoms with Gasteiger partial charge in [0.1, 0.15) is 10.7 Å². The summed E-state index contributed by atoms with van der Waals surface area (Å²) < 4.78 is 5.15. The third-order valence-corrected chi connectivity index (χ3v) is 4.05. The normalized spacial score (nSPS) is 23.1. The zero-order valence-corrected chi connectivity index (χ0v) is 12.1. The molecule has 2 rings (SSSR count). The van der Waals surface area contributed by atoms with Gasteiger partial charge in [0.25, 0.3) is 0 Å². The Balaban J connectivity index is 2.06. The number of piperidine rings is 1. The molecule has 1 aromatic heterocycles. The second kappa shape index (κ2) is 6.26. The molecule has 1 aromatic rings. The third kappa shape index (κ3) is 3.41. The highest BCUT2D eigenvalue weighted by Gasteiger charge is 2.41. The summed E-state index contributed by atoms with van der Waals surface area (Å²) in [6.07, 6.45) is 2.98. The molecule has 0 aliphatic carbocycles. The van der Waals surface area contributed by atoms with Gasteiger partial charge in [-0.05, 0) is 31.9 Å². The number of nitrogens with zero attached hydrogens (tertiary/aromatic N) is 2. The molecule has 0 radical (unpaired) electrons. The minimum atomic E-state index is -0.750. The van der Waals surface area contributed by atoms with E-state index in [0.29, 0.717) is 31.7 Å². The summed E-state index contributed by atoms with van der Waals surface area (Å²) in [5.74, 6) is -0.529. The molecular weight excluding hydrogens is 276 g/mol. The van der Waals surface area contributed by atoms with Crippen LogP contribution >= 0.6 is 0 Å². The van der Waals surface area contributed by atoms with Crippen LogP contribution in [-0.4, -0.2) is 34.0 Å². The van der Waals surface area contributed by atoms with Gasteiger partial charge in [0.2, 0.25) is 0 Å². The maximum Gasteiger partial charge on any atom is 0.433 e. The zero-order chi connectivity index (χ0) is 15.5. The first-order valence-corrected chi connectivity index (χ1v) is 7.16. The summed E-state index contributed by atoms with van der Waals surface area (Å²) in [5, 5.41) is 20.1. The summed E-state index contributed by atoms with van der Waals surface area (Å²) in [4.78, 5) is 23.7. The van der Waals surface area contributed by atoms with Crippen molar-refractivity contribution in [2.75, 3.05) is 13.1 Å². The van der Waals surface area contributed by atoms with Crippen molar-refractivity contribution < 1.29 is 19.2 Å². The predicted molar refractivity (Wildman–Crippen MR) is 74.9 cm³/mol. The lowest BCUT2D eigenvalue weighted by Gasteiger charge is -2.39. The molecule has 1 N–H and O–H groups in total.